The molecule has 0 unspecified atom stereocenters. The van der Waals surface area contributed by atoms with Crippen LogP contribution in [-0.2, 0) is 0 Å². The standard InChI is InChI=1S/C20H18S4/c1-11-9-13(3)21-19(11)17-7-5-15(23-17)16-6-8-18(24-16)20-12(2)10-14(4)22-20/h5-10H,1-4H3. The molecule has 0 aliphatic rings. The SMILES string of the molecule is Cc1cc(C)c(-c2ccc(-c3ccc(-c4sc(C)cc4C)s3)s2)s1. The molecular weight excluding hydrogens is 368 g/mol. The molecule has 4 aromatic rings. The number of aryl methyl sites for hydroxylation is 4. The van der Waals surface area contributed by atoms with E-state index in [0.29, 0.717) is 0 Å². The fourth-order valence-electron chi connectivity index (χ4n) is 2.96. The summed E-state index contributed by atoms with van der Waals surface area (Å²) < 4.78 is 0. The van der Waals surface area contributed by atoms with Gasteiger partial charge in [0.15, 0.2) is 0 Å². The average Bonchev–Trinajstić information content (AvgIpc) is 3.25. The van der Waals surface area contributed by atoms with E-state index in [1.54, 1.807) is 0 Å². The van der Waals surface area contributed by atoms with E-state index in [1.165, 1.54) is 50.1 Å². The van der Waals surface area contributed by atoms with Gasteiger partial charge < -0.3 is 0 Å². The molecule has 0 saturated heterocycles. The van der Waals surface area contributed by atoms with E-state index in [2.05, 4.69) is 64.1 Å². The third kappa shape index (κ3) is 2.93. The highest BCUT2D eigenvalue weighted by Gasteiger charge is 2.13. The van der Waals surface area contributed by atoms with Crippen LogP contribution in [0.5, 0.6) is 0 Å². The number of rotatable bonds is 3. The highest BCUT2D eigenvalue weighted by Crippen LogP contribution is 2.44. The van der Waals surface area contributed by atoms with Gasteiger partial charge in [0.1, 0.15) is 0 Å². The lowest BCUT2D eigenvalue weighted by atomic mass is 10.2. The van der Waals surface area contributed by atoms with Crippen molar-refractivity contribution in [2.75, 3.05) is 0 Å². The van der Waals surface area contributed by atoms with Crippen LogP contribution in [0.4, 0.5) is 0 Å². The zero-order chi connectivity index (χ0) is 16.8. The molecule has 0 amide bonds. The Morgan fingerprint density at radius 3 is 1.21 bits per heavy atom. The van der Waals surface area contributed by atoms with Gasteiger partial charge in [0.25, 0.3) is 0 Å². The third-order valence-corrected chi connectivity index (χ3v) is 9.02. The van der Waals surface area contributed by atoms with Crippen LogP contribution >= 0.6 is 45.3 Å². The lowest BCUT2D eigenvalue weighted by Gasteiger charge is -1.95. The molecule has 0 nitrogen and oxygen atoms in total. The first-order chi connectivity index (χ1) is 11.5. The fourth-order valence-corrected chi connectivity index (χ4v) is 7.46. The molecule has 0 atom stereocenters. The second kappa shape index (κ2) is 6.26. The molecule has 4 aromatic heterocycles. The van der Waals surface area contributed by atoms with Crippen molar-refractivity contribution in [3.8, 4) is 29.3 Å². The van der Waals surface area contributed by atoms with E-state index in [4.69, 9.17) is 0 Å². The first-order valence-corrected chi connectivity index (χ1v) is 11.1. The van der Waals surface area contributed by atoms with Crippen LogP contribution in [0.2, 0.25) is 0 Å². The highest BCUT2D eigenvalue weighted by molar-refractivity contribution is 7.28. The van der Waals surface area contributed by atoms with Gasteiger partial charge in [-0.1, -0.05) is 0 Å². The van der Waals surface area contributed by atoms with Gasteiger partial charge in [0.05, 0.1) is 0 Å². The van der Waals surface area contributed by atoms with E-state index in [1.807, 2.05) is 45.3 Å². The molecule has 0 fully saturated rings. The highest BCUT2D eigenvalue weighted by atomic mass is 32.1. The molecule has 0 bridgehead atoms. The maximum atomic E-state index is 2.28. The van der Waals surface area contributed by atoms with Crippen LogP contribution in [0.15, 0.2) is 36.4 Å². The predicted molar refractivity (Wildman–Crippen MR) is 113 cm³/mol. The first kappa shape index (κ1) is 16.3. The van der Waals surface area contributed by atoms with E-state index in [9.17, 15) is 0 Å². The number of hydrogen-bond acceptors (Lipinski definition) is 4. The molecule has 24 heavy (non-hydrogen) atoms. The molecule has 0 radical (unpaired) electrons. The summed E-state index contributed by atoms with van der Waals surface area (Å²) in [6.45, 7) is 8.80. The van der Waals surface area contributed by atoms with Crippen LogP contribution in [-0.4, -0.2) is 0 Å². The van der Waals surface area contributed by atoms with Gasteiger partial charge in [-0.15, -0.1) is 45.3 Å². The smallest absolute Gasteiger partial charge is 0.0474 e. The molecule has 0 aliphatic carbocycles. The Bertz CT molecular complexity index is 924. The largest absolute Gasteiger partial charge is 0.139 e. The van der Waals surface area contributed by atoms with E-state index in [-0.39, 0.29) is 0 Å². The Labute approximate surface area is 159 Å². The Hall–Kier alpha value is -1.20. The Morgan fingerprint density at radius 2 is 0.875 bits per heavy atom. The second-order valence-corrected chi connectivity index (χ2v) is 10.7. The average molecular weight is 387 g/mol. The quantitative estimate of drug-likeness (QED) is 0.333. The molecule has 4 heterocycles. The molecule has 0 N–H and O–H groups in total. The van der Waals surface area contributed by atoms with E-state index >= 15 is 0 Å². The summed E-state index contributed by atoms with van der Waals surface area (Å²) in [6.07, 6.45) is 0. The van der Waals surface area contributed by atoms with Gasteiger partial charge >= 0.3 is 0 Å². The summed E-state index contributed by atoms with van der Waals surface area (Å²) in [5.41, 5.74) is 2.78. The number of hydrogen-bond donors (Lipinski definition) is 0. The second-order valence-electron chi connectivity index (χ2n) is 6.07. The van der Waals surface area contributed by atoms with Crippen molar-refractivity contribution in [2.45, 2.75) is 27.7 Å². The summed E-state index contributed by atoms with van der Waals surface area (Å²) in [6, 6.07) is 13.7. The number of thiophene rings is 4. The van der Waals surface area contributed by atoms with Crippen molar-refractivity contribution in [1.82, 2.24) is 0 Å². The van der Waals surface area contributed by atoms with Crippen LogP contribution in [0.25, 0.3) is 29.3 Å². The Kier molecular flexibility index (Phi) is 4.25. The van der Waals surface area contributed by atoms with Gasteiger partial charge in [-0.25, -0.2) is 0 Å². The van der Waals surface area contributed by atoms with Crippen molar-refractivity contribution in [2.24, 2.45) is 0 Å². The zero-order valence-electron chi connectivity index (χ0n) is 14.1. The lowest BCUT2D eigenvalue weighted by Crippen LogP contribution is -1.67. The lowest BCUT2D eigenvalue weighted by molar-refractivity contribution is 1.51. The van der Waals surface area contributed by atoms with Crippen LogP contribution in [0.1, 0.15) is 20.9 Å². The van der Waals surface area contributed by atoms with Gasteiger partial charge in [0, 0.05) is 39.0 Å². The molecule has 122 valence electrons. The summed E-state index contributed by atoms with van der Waals surface area (Å²) in [5, 5.41) is 0. The maximum Gasteiger partial charge on any atom is 0.0474 e. The van der Waals surface area contributed by atoms with Crippen molar-refractivity contribution in [3.63, 3.8) is 0 Å². The minimum absolute atomic E-state index is 1.37. The van der Waals surface area contributed by atoms with Crippen molar-refractivity contribution in [1.29, 1.82) is 0 Å². The van der Waals surface area contributed by atoms with Crippen molar-refractivity contribution in [3.05, 3.63) is 57.3 Å². The van der Waals surface area contributed by atoms with Crippen LogP contribution in [0.3, 0.4) is 0 Å². The van der Waals surface area contributed by atoms with Crippen LogP contribution in [0, 0.1) is 27.7 Å². The predicted octanol–water partition coefficient (Wildman–Crippen LogP) is 8.17. The van der Waals surface area contributed by atoms with Gasteiger partial charge in [-0.3, -0.25) is 0 Å². The Balaban J connectivity index is 1.68. The normalized spacial score (nSPS) is 11.3. The molecule has 0 aromatic carbocycles. The molecule has 0 saturated carbocycles. The summed E-state index contributed by atoms with van der Waals surface area (Å²) in [4.78, 5) is 11.1. The van der Waals surface area contributed by atoms with Crippen LogP contribution < -0.4 is 0 Å². The molecule has 0 spiro atoms. The summed E-state index contributed by atoms with van der Waals surface area (Å²) >= 11 is 7.61. The van der Waals surface area contributed by atoms with Gasteiger partial charge in [-0.05, 0) is 75.2 Å². The molecule has 4 rings (SSSR count). The van der Waals surface area contributed by atoms with E-state index < -0.39 is 0 Å². The Morgan fingerprint density at radius 1 is 0.500 bits per heavy atom. The van der Waals surface area contributed by atoms with E-state index in [0.717, 1.165) is 0 Å². The third-order valence-electron chi connectivity index (χ3n) is 3.98. The molecule has 4 heteroatoms. The zero-order valence-corrected chi connectivity index (χ0v) is 17.4. The monoisotopic (exact) mass is 386 g/mol. The van der Waals surface area contributed by atoms with Gasteiger partial charge in [-0.2, -0.15) is 0 Å². The topological polar surface area (TPSA) is 0 Å². The molecule has 0 aliphatic heterocycles. The van der Waals surface area contributed by atoms with Gasteiger partial charge in [0.2, 0.25) is 0 Å². The minimum Gasteiger partial charge on any atom is -0.139 e. The van der Waals surface area contributed by atoms with Crippen molar-refractivity contribution < 1.29 is 0 Å². The maximum absolute atomic E-state index is 2.28. The fraction of sp³-hybridized carbons (Fsp3) is 0.200. The summed E-state index contributed by atoms with van der Waals surface area (Å²) in [7, 11) is 0. The van der Waals surface area contributed by atoms with Crippen molar-refractivity contribution >= 4 is 45.3 Å². The first-order valence-electron chi connectivity index (χ1n) is 7.86. The minimum atomic E-state index is 1.37. The molecular formula is C20H18S4. The summed E-state index contributed by atoms with van der Waals surface area (Å²) in [5.74, 6) is 0.